The second-order valence-corrected chi connectivity index (χ2v) is 6.28. The van der Waals surface area contributed by atoms with Crippen LogP contribution in [0.1, 0.15) is 37.0 Å². The van der Waals surface area contributed by atoms with Gasteiger partial charge >= 0.3 is 0 Å². The molecule has 1 amide bonds. The fourth-order valence-electron chi connectivity index (χ4n) is 2.82. The lowest BCUT2D eigenvalue weighted by atomic mass is 9.85. The summed E-state index contributed by atoms with van der Waals surface area (Å²) in [7, 11) is 4.53. The number of hydrazone groups is 1. The summed E-state index contributed by atoms with van der Waals surface area (Å²) >= 11 is 0. The first-order chi connectivity index (χ1) is 12.4. The third-order valence-electron chi connectivity index (χ3n) is 4.52. The van der Waals surface area contributed by atoms with Crippen LogP contribution in [-0.2, 0) is 0 Å². The average Bonchev–Trinajstić information content (AvgIpc) is 2.65. The largest absolute Gasteiger partial charge is 0.493 e. The Labute approximate surface area is 154 Å². The van der Waals surface area contributed by atoms with Gasteiger partial charge in [0, 0.05) is 5.56 Å². The van der Waals surface area contributed by atoms with Crippen molar-refractivity contribution in [1.29, 1.82) is 0 Å². The van der Waals surface area contributed by atoms with E-state index in [9.17, 15) is 4.79 Å². The van der Waals surface area contributed by atoms with Crippen molar-refractivity contribution in [3.63, 3.8) is 0 Å². The number of nitrogens with one attached hydrogen (secondary N) is 1. The second kappa shape index (κ2) is 8.56. The number of hydrogen-bond acceptors (Lipinski definition) is 5. The lowest BCUT2D eigenvalue weighted by Gasteiger charge is -2.22. The summed E-state index contributed by atoms with van der Waals surface area (Å²) in [5, 5.41) is 4.32. The van der Waals surface area contributed by atoms with E-state index in [2.05, 4.69) is 23.2 Å². The van der Waals surface area contributed by atoms with E-state index in [1.54, 1.807) is 12.1 Å². The van der Waals surface area contributed by atoms with E-state index >= 15 is 0 Å². The Kier molecular flexibility index (Phi) is 6.44. The maximum atomic E-state index is 12.5. The molecule has 6 nitrogen and oxygen atoms in total. The summed E-state index contributed by atoms with van der Waals surface area (Å²) in [5.74, 6) is 1.28. The Morgan fingerprint density at radius 2 is 1.81 bits per heavy atom. The Morgan fingerprint density at radius 1 is 1.19 bits per heavy atom. The molecule has 0 saturated heterocycles. The van der Waals surface area contributed by atoms with Crippen LogP contribution in [-0.4, -0.2) is 32.9 Å². The van der Waals surface area contributed by atoms with Crippen molar-refractivity contribution in [2.45, 2.75) is 26.7 Å². The standard InChI is InChI=1S/C20H26N2O4/c1-12(2)14-8-7-13(3)16(9-14)21-22-20(23)15-10-17(24-4)19(26-6)18(11-15)25-5/h7,10-11,14H,1,8-9H2,2-6H3,(H,22,23)/t14-/m1/s1. The van der Waals surface area contributed by atoms with E-state index in [1.807, 2.05) is 13.8 Å². The van der Waals surface area contributed by atoms with Crippen molar-refractivity contribution in [2.24, 2.45) is 11.0 Å². The van der Waals surface area contributed by atoms with Crippen LogP contribution in [0.25, 0.3) is 0 Å². The summed E-state index contributed by atoms with van der Waals surface area (Å²) in [4.78, 5) is 12.5. The molecular formula is C20H26N2O4. The minimum atomic E-state index is -0.345. The minimum absolute atomic E-state index is 0.345. The molecule has 0 spiro atoms. The molecule has 1 aliphatic rings. The first kappa shape index (κ1) is 19.6. The predicted molar refractivity (Wildman–Crippen MR) is 102 cm³/mol. The smallest absolute Gasteiger partial charge is 0.271 e. The normalized spacial score (nSPS) is 18.1. The number of hydrogen-bond donors (Lipinski definition) is 1. The molecule has 0 aromatic heterocycles. The van der Waals surface area contributed by atoms with Crippen molar-refractivity contribution >= 4 is 11.6 Å². The quantitative estimate of drug-likeness (QED) is 0.621. The Morgan fingerprint density at radius 3 is 2.31 bits per heavy atom. The molecule has 1 aromatic carbocycles. The van der Waals surface area contributed by atoms with E-state index < -0.39 is 0 Å². The van der Waals surface area contributed by atoms with Gasteiger partial charge in [-0.3, -0.25) is 4.79 Å². The lowest BCUT2D eigenvalue weighted by molar-refractivity contribution is 0.0954. The molecule has 6 heteroatoms. The molecule has 1 aromatic rings. The van der Waals surface area contributed by atoms with Crippen LogP contribution in [0, 0.1) is 5.92 Å². The number of carbonyl (C=O) groups excluding carboxylic acids is 1. The van der Waals surface area contributed by atoms with Crippen LogP contribution in [0.4, 0.5) is 0 Å². The first-order valence-electron chi connectivity index (χ1n) is 8.40. The van der Waals surface area contributed by atoms with Crippen LogP contribution < -0.4 is 19.6 Å². The summed E-state index contributed by atoms with van der Waals surface area (Å²) in [6.45, 7) is 8.04. The topological polar surface area (TPSA) is 69.2 Å². The predicted octanol–water partition coefficient (Wildman–Crippen LogP) is 3.73. The van der Waals surface area contributed by atoms with Crippen LogP contribution in [0.5, 0.6) is 17.2 Å². The molecular weight excluding hydrogens is 332 g/mol. The van der Waals surface area contributed by atoms with E-state index in [0.717, 1.165) is 29.7 Å². The van der Waals surface area contributed by atoms with Gasteiger partial charge in [-0.1, -0.05) is 18.2 Å². The number of nitrogens with zero attached hydrogens (tertiary/aromatic N) is 1. The van der Waals surface area contributed by atoms with Gasteiger partial charge in [-0.15, -0.1) is 0 Å². The maximum absolute atomic E-state index is 12.5. The summed E-state index contributed by atoms with van der Waals surface area (Å²) in [6.07, 6.45) is 3.86. The zero-order chi connectivity index (χ0) is 19.3. The molecule has 0 unspecified atom stereocenters. The highest BCUT2D eigenvalue weighted by Crippen LogP contribution is 2.38. The number of allylic oxidation sites excluding steroid dienone is 3. The fraction of sp³-hybridized carbons (Fsp3) is 0.400. The van der Waals surface area contributed by atoms with Gasteiger partial charge in [0.25, 0.3) is 5.91 Å². The number of amides is 1. The monoisotopic (exact) mass is 358 g/mol. The lowest BCUT2D eigenvalue weighted by Crippen LogP contribution is -2.23. The SMILES string of the molecule is C=C(C)[C@@H]1CC=C(C)C(=NNC(=O)c2cc(OC)c(OC)c(OC)c2)C1. The third-order valence-corrected chi connectivity index (χ3v) is 4.52. The van der Waals surface area contributed by atoms with Crippen LogP contribution in [0.3, 0.4) is 0 Å². The molecule has 1 atom stereocenters. The molecule has 1 aliphatic carbocycles. The molecule has 0 saturated carbocycles. The van der Waals surface area contributed by atoms with Gasteiger partial charge in [-0.25, -0.2) is 5.43 Å². The number of rotatable bonds is 6. The molecule has 1 N–H and O–H groups in total. The molecule has 140 valence electrons. The van der Waals surface area contributed by atoms with Gasteiger partial charge in [0.2, 0.25) is 5.75 Å². The number of benzene rings is 1. The van der Waals surface area contributed by atoms with E-state index in [4.69, 9.17) is 14.2 Å². The van der Waals surface area contributed by atoms with Gasteiger partial charge in [0.1, 0.15) is 0 Å². The van der Waals surface area contributed by atoms with E-state index in [0.29, 0.717) is 28.7 Å². The maximum Gasteiger partial charge on any atom is 0.271 e. The van der Waals surface area contributed by atoms with Gasteiger partial charge < -0.3 is 14.2 Å². The number of methoxy groups -OCH3 is 3. The minimum Gasteiger partial charge on any atom is -0.493 e. The second-order valence-electron chi connectivity index (χ2n) is 6.28. The van der Waals surface area contributed by atoms with Gasteiger partial charge in [0.15, 0.2) is 11.5 Å². The summed E-state index contributed by atoms with van der Waals surface area (Å²) in [6, 6.07) is 3.19. The van der Waals surface area contributed by atoms with Gasteiger partial charge in [-0.05, 0) is 50.3 Å². The van der Waals surface area contributed by atoms with Gasteiger partial charge in [0.05, 0.1) is 27.0 Å². The molecule has 0 fully saturated rings. The fourth-order valence-corrected chi connectivity index (χ4v) is 2.82. The van der Waals surface area contributed by atoms with Crippen molar-refractivity contribution in [3.05, 3.63) is 41.5 Å². The molecule has 0 aliphatic heterocycles. The Balaban J connectivity index is 2.23. The van der Waals surface area contributed by atoms with Crippen molar-refractivity contribution in [1.82, 2.24) is 5.43 Å². The van der Waals surface area contributed by atoms with Crippen molar-refractivity contribution in [2.75, 3.05) is 21.3 Å². The van der Waals surface area contributed by atoms with E-state index in [1.165, 1.54) is 21.3 Å². The van der Waals surface area contributed by atoms with Crippen molar-refractivity contribution in [3.8, 4) is 17.2 Å². The molecule has 0 bridgehead atoms. The number of carbonyl (C=O) groups is 1. The zero-order valence-corrected chi connectivity index (χ0v) is 16.0. The first-order valence-corrected chi connectivity index (χ1v) is 8.40. The highest BCUT2D eigenvalue weighted by atomic mass is 16.5. The Bertz CT molecular complexity index is 740. The van der Waals surface area contributed by atoms with Gasteiger partial charge in [-0.2, -0.15) is 5.10 Å². The molecule has 0 heterocycles. The summed E-state index contributed by atoms with van der Waals surface area (Å²) < 4.78 is 15.8. The van der Waals surface area contributed by atoms with Crippen LogP contribution in [0.15, 0.2) is 41.0 Å². The third kappa shape index (κ3) is 4.25. The molecule has 0 radical (unpaired) electrons. The Hall–Kier alpha value is -2.76. The molecule has 2 rings (SSSR count). The van der Waals surface area contributed by atoms with Crippen LogP contribution >= 0.6 is 0 Å². The highest BCUT2D eigenvalue weighted by molar-refractivity contribution is 6.02. The summed E-state index contributed by atoms with van der Waals surface area (Å²) in [5.41, 5.74) is 6.06. The van der Waals surface area contributed by atoms with Crippen molar-refractivity contribution < 1.29 is 19.0 Å². The number of ether oxygens (including phenoxy) is 3. The van der Waals surface area contributed by atoms with E-state index in [-0.39, 0.29) is 5.91 Å². The van der Waals surface area contributed by atoms with Crippen LogP contribution in [0.2, 0.25) is 0 Å². The average molecular weight is 358 g/mol. The zero-order valence-electron chi connectivity index (χ0n) is 16.0. The highest BCUT2D eigenvalue weighted by Gasteiger charge is 2.20. The molecule has 26 heavy (non-hydrogen) atoms.